The number of carbonyl (C=O) groups excluding carboxylic acids is 1. The third-order valence-electron chi connectivity index (χ3n) is 11.9. The van der Waals surface area contributed by atoms with Crippen molar-refractivity contribution >= 4 is 5.91 Å². The normalized spacial score (nSPS) is 64.0. The standard InChI is InChI=1S/C25H35N3O4/c29-23-20-14(10-26-23)18-13-6-2-4-8-16(13)28-22(18)21-19(20)12-5-1-3-7-15(12)27(21)17-9-24(30)11-31-25(24,28)32-17/h12-22,30H,1-11H2,(H,26,29)/t12?,13?,14?,15?,16?,17-,18?,19?,20?,21?,22?,24+,25+/m1/s1. The maximum atomic E-state index is 13.4. The van der Waals surface area contributed by atoms with Gasteiger partial charge in [-0.05, 0) is 55.3 Å². The van der Waals surface area contributed by atoms with Crippen LogP contribution in [0, 0.1) is 35.5 Å². The fraction of sp³-hybridized carbons (Fsp3) is 0.960. The molecule has 1 spiro atoms. The van der Waals surface area contributed by atoms with Crippen molar-refractivity contribution in [1.82, 2.24) is 15.1 Å². The van der Waals surface area contributed by atoms with Crippen LogP contribution in [0.3, 0.4) is 0 Å². The van der Waals surface area contributed by atoms with Crippen LogP contribution in [0.1, 0.15) is 57.8 Å². The number of aliphatic hydroxyl groups is 1. The Balaban J connectivity index is 1.29. The Morgan fingerprint density at radius 2 is 1.69 bits per heavy atom. The van der Waals surface area contributed by atoms with Crippen LogP contribution in [0.5, 0.6) is 0 Å². The number of hydrogen-bond acceptors (Lipinski definition) is 6. The van der Waals surface area contributed by atoms with E-state index in [1.54, 1.807) is 0 Å². The number of fused-ring (bicyclic) bond motifs is 11. The summed E-state index contributed by atoms with van der Waals surface area (Å²) in [4.78, 5) is 18.7. The van der Waals surface area contributed by atoms with Crippen molar-refractivity contribution in [2.45, 2.75) is 99.7 Å². The molecule has 9 fully saturated rings. The van der Waals surface area contributed by atoms with Gasteiger partial charge in [-0.15, -0.1) is 0 Å². The number of rotatable bonds is 0. The highest BCUT2D eigenvalue weighted by Crippen LogP contribution is 2.68. The molecule has 0 radical (unpaired) electrons. The summed E-state index contributed by atoms with van der Waals surface area (Å²) in [7, 11) is 0. The lowest BCUT2D eigenvalue weighted by Crippen LogP contribution is -2.78. The zero-order chi connectivity index (χ0) is 21.0. The lowest BCUT2D eigenvalue weighted by Gasteiger charge is -2.59. The predicted molar refractivity (Wildman–Crippen MR) is 113 cm³/mol. The summed E-state index contributed by atoms with van der Waals surface area (Å²) in [5, 5.41) is 15.1. The number of ether oxygens (including phenoxy) is 2. The van der Waals surface area contributed by atoms with E-state index in [2.05, 4.69) is 15.1 Å². The van der Waals surface area contributed by atoms with E-state index >= 15 is 0 Å². The minimum Gasteiger partial charge on any atom is -0.380 e. The smallest absolute Gasteiger partial charge is 0.265 e. The first-order valence-corrected chi connectivity index (χ1v) is 13.5. The number of amides is 1. The Labute approximate surface area is 189 Å². The molecular formula is C25H35N3O4. The van der Waals surface area contributed by atoms with Crippen LogP contribution in [0.2, 0.25) is 0 Å². The van der Waals surface area contributed by atoms with Crippen LogP contribution in [0.4, 0.5) is 0 Å². The van der Waals surface area contributed by atoms with Gasteiger partial charge in [0, 0.05) is 43.1 Å². The SMILES string of the molecule is O=C1NCC2C1C1C3CCCCC3N3C1C1C2C2CCCCC2N1[C@]12OC[C@@]1(O)C[C@H]3O2. The zero-order valence-corrected chi connectivity index (χ0v) is 18.7. The Kier molecular flexibility index (Phi) is 3.33. The third-order valence-corrected chi connectivity index (χ3v) is 11.9. The number of nitrogens with zero attached hydrogens (tertiary/aromatic N) is 2. The van der Waals surface area contributed by atoms with E-state index in [-0.39, 0.29) is 12.1 Å². The zero-order valence-electron chi connectivity index (χ0n) is 18.7. The van der Waals surface area contributed by atoms with Gasteiger partial charge in [0.2, 0.25) is 5.91 Å². The quantitative estimate of drug-likeness (QED) is 0.590. The molecule has 9 rings (SSSR count). The van der Waals surface area contributed by atoms with Gasteiger partial charge in [0.25, 0.3) is 5.91 Å². The van der Waals surface area contributed by atoms with Crippen molar-refractivity contribution in [3.63, 3.8) is 0 Å². The van der Waals surface area contributed by atoms with E-state index in [1.807, 2.05) is 0 Å². The summed E-state index contributed by atoms with van der Waals surface area (Å²) in [5.41, 5.74) is -0.887. The molecule has 1 amide bonds. The first-order chi connectivity index (χ1) is 15.6. The van der Waals surface area contributed by atoms with Crippen molar-refractivity contribution < 1.29 is 19.4 Å². The molecule has 0 aromatic carbocycles. The number of nitrogens with one attached hydrogen (secondary N) is 1. The molecule has 2 N–H and O–H groups in total. The monoisotopic (exact) mass is 441 g/mol. The second kappa shape index (κ2) is 5.73. The van der Waals surface area contributed by atoms with Gasteiger partial charge in [0.05, 0.1) is 6.61 Å². The molecule has 10 unspecified atom stereocenters. The van der Waals surface area contributed by atoms with Gasteiger partial charge in [0.15, 0.2) is 5.60 Å². The highest BCUT2D eigenvalue weighted by molar-refractivity contribution is 5.82. The molecule has 7 heteroatoms. The molecule has 6 aliphatic heterocycles. The van der Waals surface area contributed by atoms with Gasteiger partial charge in [-0.1, -0.05) is 25.7 Å². The largest absolute Gasteiger partial charge is 0.380 e. The lowest BCUT2D eigenvalue weighted by atomic mass is 9.57. The van der Waals surface area contributed by atoms with Gasteiger partial charge < -0.3 is 19.9 Å². The molecular weight excluding hydrogens is 406 g/mol. The van der Waals surface area contributed by atoms with E-state index in [9.17, 15) is 9.90 Å². The molecule has 6 saturated heterocycles. The van der Waals surface area contributed by atoms with Gasteiger partial charge in [-0.25, -0.2) is 4.90 Å². The fourth-order valence-corrected chi connectivity index (χ4v) is 11.1. The van der Waals surface area contributed by atoms with Gasteiger partial charge in [0.1, 0.15) is 6.23 Å². The van der Waals surface area contributed by atoms with Gasteiger partial charge in [-0.2, -0.15) is 0 Å². The average molecular weight is 442 g/mol. The molecule has 6 heterocycles. The molecule has 0 aromatic rings. The Morgan fingerprint density at radius 3 is 2.47 bits per heavy atom. The van der Waals surface area contributed by atoms with Crippen LogP contribution >= 0.6 is 0 Å². The van der Waals surface area contributed by atoms with Crippen LogP contribution in [-0.2, 0) is 14.3 Å². The minimum atomic E-state index is -0.945. The second-order valence-electron chi connectivity index (χ2n) is 12.6. The van der Waals surface area contributed by atoms with Crippen molar-refractivity contribution in [1.29, 1.82) is 0 Å². The first kappa shape index (κ1) is 18.6. The van der Waals surface area contributed by atoms with Crippen LogP contribution in [0.15, 0.2) is 0 Å². The van der Waals surface area contributed by atoms with E-state index in [1.165, 1.54) is 51.4 Å². The summed E-state index contributed by atoms with van der Waals surface area (Å²) in [5.74, 6) is 2.15. The highest BCUT2D eigenvalue weighted by Gasteiger charge is 2.82. The Morgan fingerprint density at radius 1 is 0.938 bits per heavy atom. The fourth-order valence-electron chi connectivity index (χ4n) is 11.1. The first-order valence-electron chi connectivity index (χ1n) is 13.5. The summed E-state index contributed by atoms with van der Waals surface area (Å²) in [6.45, 7) is 1.25. The van der Waals surface area contributed by atoms with Crippen molar-refractivity contribution in [2.75, 3.05) is 13.2 Å². The summed E-state index contributed by atoms with van der Waals surface area (Å²) >= 11 is 0. The topological polar surface area (TPSA) is 74.3 Å². The van der Waals surface area contributed by atoms with Crippen molar-refractivity contribution in [3.8, 4) is 0 Å². The van der Waals surface area contributed by atoms with E-state index in [0.29, 0.717) is 72.7 Å². The molecule has 7 nitrogen and oxygen atoms in total. The summed E-state index contributed by atoms with van der Waals surface area (Å²) < 4.78 is 13.2. The second-order valence-corrected chi connectivity index (χ2v) is 12.6. The van der Waals surface area contributed by atoms with Crippen molar-refractivity contribution in [2.24, 2.45) is 35.5 Å². The Hall–Kier alpha value is -0.730. The number of hydrogen-bond donors (Lipinski definition) is 2. The molecule has 32 heavy (non-hydrogen) atoms. The van der Waals surface area contributed by atoms with E-state index in [4.69, 9.17) is 9.47 Å². The lowest BCUT2D eigenvalue weighted by molar-refractivity contribution is -0.446. The van der Waals surface area contributed by atoms with E-state index < -0.39 is 11.5 Å². The Bertz CT molecular complexity index is 900. The average Bonchev–Trinajstić information content (AvgIpc) is 3.46. The molecule has 2 bridgehead atoms. The molecule has 13 atom stereocenters. The van der Waals surface area contributed by atoms with Crippen LogP contribution in [-0.4, -0.2) is 75.9 Å². The van der Waals surface area contributed by atoms with Crippen molar-refractivity contribution in [3.05, 3.63) is 0 Å². The minimum absolute atomic E-state index is 0.0718. The van der Waals surface area contributed by atoms with Crippen LogP contribution in [0.25, 0.3) is 0 Å². The van der Waals surface area contributed by atoms with Gasteiger partial charge >= 0.3 is 0 Å². The maximum absolute atomic E-state index is 13.4. The maximum Gasteiger partial charge on any atom is 0.265 e. The molecule has 3 aliphatic carbocycles. The highest BCUT2D eigenvalue weighted by atomic mass is 16.8. The predicted octanol–water partition coefficient (Wildman–Crippen LogP) is 1.26. The number of carbonyl (C=O) groups is 1. The third kappa shape index (κ3) is 1.79. The summed E-state index contributed by atoms with van der Waals surface area (Å²) in [6, 6.07) is 1.64. The molecule has 9 aliphatic rings. The molecule has 174 valence electrons. The summed E-state index contributed by atoms with van der Waals surface area (Å²) in [6.07, 6.45) is 10.6. The molecule has 0 aromatic heterocycles. The molecule has 3 saturated carbocycles. The van der Waals surface area contributed by atoms with Crippen LogP contribution < -0.4 is 5.32 Å². The van der Waals surface area contributed by atoms with Gasteiger partial charge in [-0.3, -0.25) is 9.69 Å². The van der Waals surface area contributed by atoms with E-state index in [0.717, 1.165) is 6.54 Å².